The van der Waals surface area contributed by atoms with Crippen LogP contribution in [0.2, 0.25) is 0 Å². The Kier molecular flexibility index (Phi) is 1.97. The molecule has 0 aliphatic heterocycles. The normalized spacial score (nSPS) is 11.1. The molecule has 0 amide bonds. The third-order valence-electron chi connectivity index (χ3n) is 2.43. The maximum Gasteiger partial charge on any atom is 0.230 e. The fraction of sp³-hybridized carbons (Fsp3) is 0. The highest BCUT2D eigenvalue weighted by Gasteiger charge is 2.13. The number of aromatic nitrogens is 3. The molecule has 0 aliphatic carbocycles. The molecule has 0 unspecified atom stereocenters. The van der Waals surface area contributed by atoms with Crippen LogP contribution in [-0.4, -0.2) is 15.4 Å². The second kappa shape index (κ2) is 3.34. The van der Waals surface area contributed by atoms with Crippen LogP contribution < -0.4 is 5.73 Å². The molecule has 0 bridgehead atoms. The Labute approximate surface area is 98.7 Å². The molecule has 80 valence electrons. The lowest BCUT2D eigenvalue weighted by Crippen LogP contribution is -1.85. The van der Waals surface area contributed by atoms with Crippen molar-refractivity contribution >= 4 is 32.7 Å². The first-order valence-electron chi connectivity index (χ1n) is 4.60. The van der Waals surface area contributed by atoms with Crippen LogP contribution in [0.1, 0.15) is 0 Å². The van der Waals surface area contributed by atoms with Gasteiger partial charge >= 0.3 is 0 Å². The highest BCUT2D eigenvalue weighted by Crippen LogP contribution is 2.33. The number of nitrogen functional groups attached to an aromatic ring is 1. The number of nitrogens with zero attached hydrogens (tertiary/aromatic N) is 2. The minimum absolute atomic E-state index is 0.298. The molecule has 1 aromatic carbocycles. The SMILES string of the molecule is Nc1oncc1-c1cccc2c(Br)[nH]nc12. The predicted molar refractivity (Wildman–Crippen MR) is 63.7 cm³/mol. The number of hydrogen-bond acceptors (Lipinski definition) is 4. The average Bonchev–Trinajstić information content (AvgIpc) is 2.86. The van der Waals surface area contributed by atoms with Crippen molar-refractivity contribution in [1.82, 2.24) is 15.4 Å². The van der Waals surface area contributed by atoms with Crippen LogP contribution >= 0.6 is 15.9 Å². The van der Waals surface area contributed by atoms with E-state index in [1.165, 1.54) is 0 Å². The molecule has 2 aromatic heterocycles. The van der Waals surface area contributed by atoms with Crippen LogP contribution in [-0.2, 0) is 0 Å². The number of nitrogens with two attached hydrogens (primary N) is 1. The van der Waals surface area contributed by atoms with Crippen molar-refractivity contribution in [2.24, 2.45) is 0 Å². The van der Waals surface area contributed by atoms with Crippen molar-refractivity contribution in [3.8, 4) is 11.1 Å². The molecule has 3 rings (SSSR count). The molecule has 0 atom stereocenters. The van der Waals surface area contributed by atoms with Crippen LogP contribution in [0.15, 0.2) is 33.5 Å². The summed E-state index contributed by atoms with van der Waals surface area (Å²) < 4.78 is 5.70. The zero-order chi connectivity index (χ0) is 11.1. The van der Waals surface area contributed by atoms with Crippen LogP contribution in [0.25, 0.3) is 22.0 Å². The number of anilines is 1. The lowest BCUT2D eigenvalue weighted by molar-refractivity contribution is 0.436. The first-order chi connectivity index (χ1) is 7.77. The summed E-state index contributed by atoms with van der Waals surface area (Å²) in [5, 5.41) is 11.8. The van der Waals surface area contributed by atoms with Gasteiger partial charge in [-0.3, -0.25) is 5.10 Å². The van der Waals surface area contributed by atoms with Gasteiger partial charge in [0.2, 0.25) is 5.88 Å². The van der Waals surface area contributed by atoms with E-state index in [0.717, 1.165) is 26.6 Å². The summed E-state index contributed by atoms with van der Waals surface area (Å²) >= 11 is 3.39. The molecule has 3 N–H and O–H groups in total. The highest BCUT2D eigenvalue weighted by molar-refractivity contribution is 9.10. The average molecular weight is 279 g/mol. The first-order valence-corrected chi connectivity index (χ1v) is 5.40. The van der Waals surface area contributed by atoms with Gasteiger partial charge in [-0.2, -0.15) is 5.10 Å². The van der Waals surface area contributed by atoms with Crippen molar-refractivity contribution < 1.29 is 4.52 Å². The van der Waals surface area contributed by atoms with Crippen molar-refractivity contribution in [2.75, 3.05) is 5.73 Å². The topological polar surface area (TPSA) is 80.7 Å². The zero-order valence-electron chi connectivity index (χ0n) is 8.07. The zero-order valence-corrected chi connectivity index (χ0v) is 9.65. The number of aromatic amines is 1. The van der Waals surface area contributed by atoms with Gasteiger partial charge in [-0.05, 0) is 22.0 Å². The molecule has 0 saturated heterocycles. The van der Waals surface area contributed by atoms with E-state index in [9.17, 15) is 0 Å². The summed E-state index contributed by atoms with van der Waals surface area (Å²) in [5.74, 6) is 0.298. The van der Waals surface area contributed by atoms with Crippen LogP contribution in [0, 0.1) is 0 Å². The largest absolute Gasteiger partial charge is 0.367 e. The number of para-hydroxylation sites is 1. The second-order valence-corrected chi connectivity index (χ2v) is 4.14. The minimum atomic E-state index is 0.298. The summed E-state index contributed by atoms with van der Waals surface area (Å²) in [6.45, 7) is 0. The second-order valence-electron chi connectivity index (χ2n) is 3.34. The lowest BCUT2D eigenvalue weighted by atomic mass is 10.1. The van der Waals surface area contributed by atoms with E-state index in [4.69, 9.17) is 10.3 Å². The summed E-state index contributed by atoms with van der Waals surface area (Å²) in [6, 6.07) is 5.83. The van der Waals surface area contributed by atoms with Gasteiger partial charge in [0, 0.05) is 10.9 Å². The van der Waals surface area contributed by atoms with Gasteiger partial charge in [-0.25, -0.2) is 0 Å². The molecular weight excluding hydrogens is 272 g/mol. The highest BCUT2D eigenvalue weighted by atomic mass is 79.9. The van der Waals surface area contributed by atoms with E-state index >= 15 is 0 Å². The van der Waals surface area contributed by atoms with Gasteiger partial charge in [0.15, 0.2) is 0 Å². The molecule has 5 nitrogen and oxygen atoms in total. The number of H-pyrrole nitrogens is 1. The van der Waals surface area contributed by atoms with Crippen LogP contribution in [0.4, 0.5) is 5.88 Å². The number of benzene rings is 1. The number of rotatable bonds is 1. The lowest BCUT2D eigenvalue weighted by Gasteiger charge is -1.98. The molecule has 16 heavy (non-hydrogen) atoms. The van der Waals surface area contributed by atoms with Crippen molar-refractivity contribution in [1.29, 1.82) is 0 Å². The van der Waals surface area contributed by atoms with E-state index in [1.807, 2.05) is 18.2 Å². The molecule has 3 aromatic rings. The van der Waals surface area contributed by atoms with Crippen molar-refractivity contribution in [3.63, 3.8) is 0 Å². The number of nitrogens with one attached hydrogen (secondary N) is 1. The number of halogens is 1. The molecule has 0 radical (unpaired) electrons. The summed E-state index contributed by atoms with van der Waals surface area (Å²) in [5.41, 5.74) is 8.18. The van der Waals surface area contributed by atoms with Gasteiger partial charge in [0.05, 0.1) is 11.8 Å². The van der Waals surface area contributed by atoms with E-state index in [2.05, 4.69) is 31.3 Å². The predicted octanol–water partition coefficient (Wildman–Crippen LogP) is 2.56. The monoisotopic (exact) mass is 278 g/mol. The van der Waals surface area contributed by atoms with Gasteiger partial charge in [0.25, 0.3) is 0 Å². The maximum atomic E-state index is 5.69. The van der Waals surface area contributed by atoms with Crippen molar-refractivity contribution in [2.45, 2.75) is 0 Å². The molecule has 0 saturated carbocycles. The molecule has 0 aliphatic rings. The maximum absolute atomic E-state index is 5.69. The Bertz CT molecular complexity index is 658. The van der Waals surface area contributed by atoms with Crippen molar-refractivity contribution in [3.05, 3.63) is 29.0 Å². The van der Waals surface area contributed by atoms with Crippen LogP contribution in [0.5, 0.6) is 0 Å². The van der Waals surface area contributed by atoms with Gasteiger partial charge in [-0.15, -0.1) is 0 Å². The van der Waals surface area contributed by atoms with Gasteiger partial charge in [0.1, 0.15) is 10.1 Å². The van der Waals surface area contributed by atoms with Gasteiger partial charge in [-0.1, -0.05) is 17.3 Å². The minimum Gasteiger partial charge on any atom is -0.367 e. The number of fused-ring (bicyclic) bond motifs is 1. The molecule has 0 fully saturated rings. The molecule has 0 spiro atoms. The Morgan fingerprint density at radius 1 is 1.31 bits per heavy atom. The Morgan fingerprint density at radius 3 is 2.94 bits per heavy atom. The fourth-order valence-electron chi connectivity index (χ4n) is 1.67. The van der Waals surface area contributed by atoms with Gasteiger partial charge < -0.3 is 10.3 Å². The molecular formula is C10H7BrN4O. The smallest absolute Gasteiger partial charge is 0.230 e. The molecule has 6 heteroatoms. The first kappa shape index (κ1) is 9.41. The quantitative estimate of drug-likeness (QED) is 0.717. The number of hydrogen-bond donors (Lipinski definition) is 2. The molecule has 2 heterocycles. The van der Waals surface area contributed by atoms with E-state index in [-0.39, 0.29) is 0 Å². The Morgan fingerprint density at radius 2 is 2.19 bits per heavy atom. The third-order valence-corrected chi connectivity index (χ3v) is 3.03. The van der Waals surface area contributed by atoms with E-state index < -0.39 is 0 Å². The third kappa shape index (κ3) is 1.23. The Hall–Kier alpha value is -1.82. The standard InChI is InChI=1S/C10H7BrN4O/c11-9-6-3-1-2-5(8(6)14-15-9)7-4-13-16-10(7)12/h1-4H,12H2,(H,14,15). The van der Waals surface area contributed by atoms with Crippen LogP contribution in [0.3, 0.4) is 0 Å². The summed E-state index contributed by atoms with van der Waals surface area (Å²) in [4.78, 5) is 0. The summed E-state index contributed by atoms with van der Waals surface area (Å²) in [6.07, 6.45) is 1.59. The van der Waals surface area contributed by atoms with E-state index in [1.54, 1.807) is 6.20 Å². The fourth-order valence-corrected chi connectivity index (χ4v) is 2.08. The Balaban J connectivity index is 2.36. The summed E-state index contributed by atoms with van der Waals surface area (Å²) in [7, 11) is 0. The van der Waals surface area contributed by atoms with E-state index in [0.29, 0.717) is 5.88 Å².